The van der Waals surface area contributed by atoms with Crippen molar-refractivity contribution >= 4 is 17.2 Å². The summed E-state index contributed by atoms with van der Waals surface area (Å²) in [6, 6.07) is 13.5. The van der Waals surface area contributed by atoms with Crippen molar-refractivity contribution in [3.63, 3.8) is 0 Å². The number of nitrogens with one attached hydrogen (secondary N) is 2. The number of hydrogen-bond donors (Lipinski definition) is 2. The maximum Gasteiger partial charge on any atom is 0.255 e. The van der Waals surface area contributed by atoms with Crippen LogP contribution < -0.4 is 10.1 Å². The van der Waals surface area contributed by atoms with E-state index in [0.29, 0.717) is 30.3 Å². The van der Waals surface area contributed by atoms with Crippen molar-refractivity contribution in [1.29, 1.82) is 0 Å². The summed E-state index contributed by atoms with van der Waals surface area (Å²) in [4.78, 5) is 24.6. The summed E-state index contributed by atoms with van der Waals surface area (Å²) < 4.78 is 5.65. The number of rotatable bonds is 7. The van der Waals surface area contributed by atoms with Crippen LogP contribution in [-0.2, 0) is 6.54 Å². The molecule has 0 unspecified atom stereocenters. The van der Waals surface area contributed by atoms with E-state index in [1.165, 1.54) is 0 Å². The highest BCUT2D eigenvalue weighted by molar-refractivity contribution is 7.13. The molecule has 2 aromatic heterocycles. The number of amides is 1. The number of H-pyrrole nitrogens is 1. The number of hydrogen-bond acceptors (Lipinski definition) is 5. The minimum absolute atomic E-state index is 0.193. The highest BCUT2D eigenvalue weighted by atomic mass is 32.1. The fourth-order valence-electron chi connectivity index (χ4n) is 3.02. The van der Waals surface area contributed by atoms with Gasteiger partial charge in [-0.25, -0.2) is 9.97 Å². The van der Waals surface area contributed by atoms with Crippen LogP contribution in [0.25, 0.3) is 22.0 Å². The van der Waals surface area contributed by atoms with Gasteiger partial charge in [0.25, 0.3) is 5.91 Å². The Balaban J connectivity index is 1.53. The van der Waals surface area contributed by atoms with Crippen molar-refractivity contribution in [2.45, 2.75) is 13.5 Å². The minimum Gasteiger partial charge on any atom is -0.493 e. The summed E-state index contributed by atoms with van der Waals surface area (Å²) in [6.07, 6.45) is 5.22. The molecule has 146 valence electrons. The molecule has 0 atom stereocenters. The number of aromatic amines is 1. The molecule has 0 aliphatic carbocycles. The molecule has 4 aromatic rings. The van der Waals surface area contributed by atoms with Crippen molar-refractivity contribution in [3.05, 3.63) is 77.6 Å². The predicted octanol–water partition coefficient (Wildman–Crippen LogP) is 4.53. The number of carbonyl (C=O) groups excluding carboxylic acids is 1. The SMILES string of the molecule is CCOc1ccc(-c2ncc[nH]2)cc1C(=O)NCc1cccc(-c2nccs2)c1. The van der Waals surface area contributed by atoms with Gasteiger partial charge >= 0.3 is 0 Å². The number of aromatic nitrogens is 3. The van der Waals surface area contributed by atoms with E-state index in [1.54, 1.807) is 42.1 Å². The van der Waals surface area contributed by atoms with E-state index in [0.717, 1.165) is 21.7 Å². The van der Waals surface area contributed by atoms with Gasteiger partial charge in [-0.1, -0.05) is 18.2 Å². The van der Waals surface area contributed by atoms with Gasteiger partial charge < -0.3 is 15.0 Å². The molecule has 2 aromatic carbocycles. The normalized spacial score (nSPS) is 10.7. The number of benzene rings is 2. The molecule has 0 saturated carbocycles. The van der Waals surface area contributed by atoms with Crippen LogP contribution in [0.2, 0.25) is 0 Å². The van der Waals surface area contributed by atoms with Crippen LogP contribution in [0, 0.1) is 0 Å². The lowest BCUT2D eigenvalue weighted by molar-refractivity contribution is 0.0947. The monoisotopic (exact) mass is 404 g/mol. The van der Waals surface area contributed by atoms with Gasteiger partial charge in [0.1, 0.15) is 16.6 Å². The molecule has 29 heavy (non-hydrogen) atoms. The molecule has 6 nitrogen and oxygen atoms in total. The Bertz CT molecular complexity index is 1090. The maximum absolute atomic E-state index is 12.9. The number of thiazole rings is 1. The van der Waals surface area contributed by atoms with Gasteiger partial charge in [-0.15, -0.1) is 11.3 Å². The first-order chi connectivity index (χ1) is 14.2. The lowest BCUT2D eigenvalue weighted by Crippen LogP contribution is -2.23. The fourth-order valence-corrected chi connectivity index (χ4v) is 3.65. The maximum atomic E-state index is 12.9. The third-order valence-electron chi connectivity index (χ3n) is 4.36. The molecule has 7 heteroatoms. The van der Waals surface area contributed by atoms with Crippen molar-refractivity contribution < 1.29 is 9.53 Å². The lowest BCUT2D eigenvalue weighted by atomic mass is 10.1. The van der Waals surface area contributed by atoms with Gasteiger partial charge in [0.2, 0.25) is 0 Å². The zero-order chi connectivity index (χ0) is 20.1. The highest BCUT2D eigenvalue weighted by Crippen LogP contribution is 2.26. The van der Waals surface area contributed by atoms with Crippen LogP contribution in [0.3, 0.4) is 0 Å². The van der Waals surface area contributed by atoms with Crippen LogP contribution in [0.4, 0.5) is 0 Å². The molecule has 0 aliphatic rings. The molecule has 0 radical (unpaired) electrons. The molecule has 0 bridgehead atoms. The van der Waals surface area contributed by atoms with Gasteiger partial charge in [0, 0.05) is 41.6 Å². The Morgan fingerprint density at radius 3 is 2.83 bits per heavy atom. The van der Waals surface area contributed by atoms with E-state index in [2.05, 4.69) is 20.3 Å². The highest BCUT2D eigenvalue weighted by Gasteiger charge is 2.15. The van der Waals surface area contributed by atoms with Crippen molar-refractivity contribution in [2.24, 2.45) is 0 Å². The smallest absolute Gasteiger partial charge is 0.255 e. The molecule has 2 heterocycles. The summed E-state index contributed by atoms with van der Waals surface area (Å²) >= 11 is 1.59. The molecular formula is C22H20N4O2S. The first kappa shape index (κ1) is 18.9. The van der Waals surface area contributed by atoms with Crippen molar-refractivity contribution in [2.75, 3.05) is 6.61 Å². The first-order valence-electron chi connectivity index (χ1n) is 9.28. The lowest BCUT2D eigenvalue weighted by Gasteiger charge is -2.12. The summed E-state index contributed by atoms with van der Waals surface area (Å²) in [7, 11) is 0. The number of nitrogens with zero attached hydrogens (tertiary/aromatic N) is 2. The standard InChI is InChI=1S/C22H20N4O2S/c1-2-28-19-7-6-16(20-23-8-9-24-20)13-18(19)21(27)26-14-15-4-3-5-17(12-15)22-25-10-11-29-22/h3-13H,2,14H2,1H3,(H,23,24)(H,26,27). The summed E-state index contributed by atoms with van der Waals surface area (Å²) in [5.41, 5.74) is 3.36. The fraction of sp³-hybridized carbons (Fsp3) is 0.136. The number of ether oxygens (including phenoxy) is 1. The van der Waals surface area contributed by atoms with E-state index in [-0.39, 0.29) is 5.91 Å². The van der Waals surface area contributed by atoms with Crippen LogP contribution in [0.1, 0.15) is 22.8 Å². The molecule has 4 rings (SSSR count). The zero-order valence-corrected chi connectivity index (χ0v) is 16.7. The largest absolute Gasteiger partial charge is 0.493 e. The number of imidazole rings is 1. The molecule has 0 fully saturated rings. The summed E-state index contributed by atoms with van der Waals surface area (Å²) in [5.74, 6) is 1.07. The van der Waals surface area contributed by atoms with Gasteiger partial charge in [-0.2, -0.15) is 0 Å². The van der Waals surface area contributed by atoms with E-state index < -0.39 is 0 Å². The molecule has 0 saturated heterocycles. The quantitative estimate of drug-likeness (QED) is 0.474. The van der Waals surface area contributed by atoms with Crippen molar-refractivity contribution in [3.8, 4) is 27.7 Å². The van der Waals surface area contributed by atoms with E-state index in [4.69, 9.17) is 4.74 Å². The van der Waals surface area contributed by atoms with E-state index in [9.17, 15) is 4.79 Å². The second-order valence-corrected chi connectivity index (χ2v) is 7.20. The van der Waals surface area contributed by atoms with E-state index in [1.807, 2.05) is 42.6 Å². The molecule has 0 spiro atoms. The second kappa shape index (κ2) is 8.70. The topological polar surface area (TPSA) is 79.9 Å². The van der Waals surface area contributed by atoms with Gasteiger partial charge in [-0.05, 0) is 36.8 Å². The average Bonchev–Trinajstić information content (AvgIpc) is 3.47. The summed E-state index contributed by atoms with van der Waals surface area (Å²) in [5, 5.41) is 5.90. The van der Waals surface area contributed by atoms with Gasteiger partial charge in [-0.3, -0.25) is 4.79 Å². The number of carbonyl (C=O) groups is 1. The van der Waals surface area contributed by atoms with Crippen molar-refractivity contribution in [1.82, 2.24) is 20.3 Å². The molecule has 0 aliphatic heterocycles. The summed E-state index contributed by atoms with van der Waals surface area (Å²) in [6.45, 7) is 2.79. The second-order valence-electron chi connectivity index (χ2n) is 6.30. The third-order valence-corrected chi connectivity index (χ3v) is 5.18. The first-order valence-corrected chi connectivity index (χ1v) is 10.2. The average molecular weight is 404 g/mol. The molecular weight excluding hydrogens is 384 g/mol. The minimum atomic E-state index is -0.193. The molecule has 1 amide bonds. The van der Waals surface area contributed by atoms with Crippen LogP contribution in [-0.4, -0.2) is 27.5 Å². The Labute approximate surface area is 172 Å². The Kier molecular flexibility index (Phi) is 5.67. The van der Waals surface area contributed by atoms with Crippen LogP contribution in [0.5, 0.6) is 5.75 Å². The Hall–Kier alpha value is -3.45. The molecule has 2 N–H and O–H groups in total. The van der Waals surface area contributed by atoms with Gasteiger partial charge in [0.15, 0.2) is 0 Å². The third kappa shape index (κ3) is 4.35. The Morgan fingerprint density at radius 2 is 2.07 bits per heavy atom. The van der Waals surface area contributed by atoms with E-state index >= 15 is 0 Å². The van der Waals surface area contributed by atoms with Crippen LogP contribution >= 0.6 is 11.3 Å². The zero-order valence-electron chi connectivity index (χ0n) is 15.9. The predicted molar refractivity (Wildman–Crippen MR) is 114 cm³/mol. The van der Waals surface area contributed by atoms with Gasteiger partial charge in [0.05, 0.1) is 12.2 Å². The Morgan fingerprint density at radius 1 is 1.14 bits per heavy atom. The van der Waals surface area contributed by atoms with Crippen LogP contribution in [0.15, 0.2) is 66.4 Å².